The first-order valence-corrected chi connectivity index (χ1v) is 17.8. The molecule has 0 aliphatic rings. The number of alkyl halides is 17. The maximum absolute atomic E-state index is 14.2. The molecule has 0 aliphatic carbocycles. The quantitative estimate of drug-likeness (QED) is 0.0620. The highest BCUT2D eigenvalue weighted by atomic mass is 32.2. The standard InChI is InChI=1S/C34H37F17N4O2S/c1-25(2,3)19-26(4,5)21(10-13-55-53-22-8-6-7-9-23(22)54-55)16-20(18-56)17-52-24(57)11-14-58-15-12-27(35,36)28(37,38)29(39,40)30(41,42)31(43,44)32(45,46)33(47,48)34(49,50)51/h6-10,13,16,18,21H,11-12,14-15,17,19H2,1-5H3,(H,52,57). The summed E-state index contributed by atoms with van der Waals surface area (Å²) in [7, 11) is 0. The molecule has 330 valence electrons. The Hall–Kier alpha value is -3.60. The molecule has 0 saturated heterocycles. The number of hydrogen-bond donors (Lipinski definition) is 1. The van der Waals surface area contributed by atoms with Crippen molar-refractivity contribution < 1.29 is 84.2 Å². The summed E-state index contributed by atoms with van der Waals surface area (Å²) in [5, 5.41) is 11.0. The Kier molecular flexibility index (Phi) is 15.0. The van der Waals surface area contributed by atoms with Crippen LogP contribution >= 0.6 is 11.8 Å². The van der Waals surface area contributed by atoms with E-state index in [1.807, 2.05) is 34.6 Å². The third-order valence-electron chi connectivity index (χ3n) is 8.47. The van der Waals surface area contributed by atoms with E-state index in [9.17, 15) is 84.2 Å². The predicted molar refractivity (Wildman–Crippen MR) is 179 cm³/mol. The second kappa shape index (κ2) is 17.2. The van der Waals surface area contributed by atoms with E-state index < -0.39 is 89.2 Å². The van der Waals surface area contributed by atoms with Gasteiger partial charge in [0.15, 0.2) is 0 Å². The van der Waals surface area contributed by atoms with Gasteiger partial charge in [-0.1, -0.05) is 58.9 Å². The van der Waals surface area contributed by atoms with Crippen LogP contribution in [0, 0.1) is 16.7 Å². The van der Waals surface area contributed by atoms with Crippen molar-refractivity contribution in [3.8, 4) is 0 Å². The number of fused-ring (bicyclic) bond motifs is 1. The van der Waals surface area contributed by atoms with Gasteiger partial charge in [-0.2, -0.15) is 91.2 Å². The number of amides is 1. The summed E-state index contributed by atoms with van der Waals surface area (Å²) in [6.07, 6.45) is -5.11. The van der Waals surface area contributed by atoms with Gasteiger partial charge in [-0.25, -0.2) is 0 Å². The normalized spacial score (nSPS) is 15.7. The lowest BCUT2D eigenvalue weighted by Crippen LogP contribution is -2.74. The highest BCUT2D eigenvalue weighted by Gasteiger charge is 2.95. The molecule has 0 bridgehead atoms. The fourth-order valence-corrected chi connectivity index (χ4v) is 6.55. The first kappa shape index (κ1) is 50.5. The minimum absolute atomic E-state index is 0.0568. The molecule has 0 spiro atoms. The lowest BCUT2D eigenvalue weighted by Gasteiger charge is -2.42. The summed E-state index contributed by atoms with van der Waals surface area (Å²) in [6.45, 7) is 9.43. The number of carbonyl (C=O) groups is 2. The van der Waals surface area contributed by atoms with Gasteiger partial charge < -0.3 is 5.32 Å². The Morgan fingerprint density at radius 1 is 0.724 bits per heavy atom. The maximum atomic E-state index is 14.2. The van der Waals surface area contributed by atoms with E-state index in [2.05, 4.69) is 15.5 Å². The first-order chi connectivity index (χ1) is 25.9. The van der Waals surface area contributed by atoms with Crippen LogP contribution in [0.2, 0.25) is 0 Å². The van der Waals surface area contributed by atoms with Gasteiger partial charge in [-0.05, 0) is 35.1 Å². The summed E-state index contributed by atoms with van der Waals surface area (Å²) in [5.41, 5.74) is 0.573. The topological polar surface area (TPSA) is 76.9 Å². The van der Waals surface area contributed by atoms with Crippen molar-refractivity contribution >= 4 is 41.2 Å². The maximum Gasteiger partial charge on any atom is 0.460 e. The number of aromatic nitrogens is 3. The van der Waals surface area contributed by atoms with Gasteiger partial charge in [0.2, 0.25) is 5.91 Å². The number of hydrogen-bond acceptors (Lipinski definition) is 5. The number of halogens is 17. The number of carbonyl (C=O) groups excluding carboxylic acids is 2. The molecule has 0 radical (unpaired) electrons. The van der Waals surface area contributed by atoms with Crippen molar-refractivity contribution in [2.75, 3.05) is 18.1 Å². The molecule has 1 unspecified atom stereocenters. The highest BCUT2D eigenvalue weighted by Crippen LogP contribution is 2.64. The van der Waals surface area contributed by atoms with Crippen LogP contribution in [-0.2, 0) is 9.59 Å². The van der Waals surface area contributed by atoms with Crippen molar-refractivity contribution in [1.29, 1.82) is 0 Å². The molecule has 0 fully saturated rings. The average molecular weight is 889 g/mol. The van der Waals surface area contributed by atoms with E-state index in [-0.39, 0.29) is 29.3 Å². The van der Waals surface area contributed by atoms with Crippen molar-refractivity contribution in [2.45, 2.75) is 102 Å². The second-order valence-electron chi connectivity index (χ2n) is 15.0. The van der Waals surface area contributed by atoms with Crippen LogP contribution in [0.3, 0.4) is 0 Å². The second-order valence-corrected chi connectivity index (χ2v) is 16.2. The van der Waals surface area contributed by atoms with Crippen LogP contribution in [0.15, 0.2) is 42.0 Å². The van der Waals surface area contributed by atoms with Crippen LogP contribution in [0.25, 0.3) is 17.2 Å². The molecule has 2 rings (SSSR count). The van der Waals surface area contributed by atoms with Gasteiger partial charge in [-0.15, -0.1) is 10.2 Å². The summed E-state index contributed by atoms with van der Waals surface area (Å²) in [5.74, 6) is -60.0. The fourth-order valence-electron chi connectivity index (χ4n) is 5.62. The number of nitrogens with zero attached hydrogens (tertiary/aromatic N) is 3. The molecular weight excluding hydrogens is 851 g/mol. The van der Waals surface area contributed by atoms with Crippen LogP contribution < -0.4 is 5.32 Å². The molecule has 0 saturated carbocycles. The van der Waals surface area contributed by atoms with Gasteiger partial charge in [0.1, 0.15) is 17.3 Å². The molecular formula is C34H37F17N4O2S. The minimum Gasteiger partial charge on any atom is -0.352 e. The molecule has 58 heavy (non-hydrogen) atoms. The van der Waals surface area contributed by atoms with Gasteiger partial charge >= 0.3 is 47.6 Å². The highest BCUT2D eigenvalue weighted by molar-refractivity contribution is 7.99. The lowest BCUT2D eigenvalue weighted by molar-refractivity contribution is -0.461. The van der Waals surface area contributed by atoms with Crippen molar-refractivity contribution in [1.82, 2.24) is 20.3 Å². The van der Waals surface area contributed by atoms with Gasteiger partial charge in [0, 0.05) is 42.8 Å². The molecule has 24 heteroatoms. The number of aldehydes is 1. The van der Waals surface area contributed by atoms with Crippen molar-refractivity contribution in [3.63, 3.8) is 0 Å². The Balaban J connectivity index is 2.11. The third-order valence-corrected chi connectivity index (χ3v) is 9.46. The molecule has 1 aromatic carbocycles. The zero-order valence-electron chi connectivity index (χ0n) is 30.9. The van der Waals surface area contributed by atoms with E-state index in [1.54, 1.807) is 42.6 Å². The lowest BCUT2D eigenvalue weighted by atomic mass is 9.68. The van der Waals surface area contributed by atoms with Crippen molar-refractivity contribution in [3.05, 3.63) is 42.0 Å². The largest absolute Gasteiger partial charge is 0.460 e. The zero-order valence-corrected chi connectivity index (χ0v) is 31.7. The van der Waals surface area contributed by atoms with E-state index >= 15 is 0 Å². The molecule has 1 heterocycles. The van der Waals surface area contributed by atoms with Crippen LogP contribution in [0.1, 0.15) is 53.9 Å². The summed E-state index contributed by atoms with van der Waals surface area (Å²) >= 11 is 0.117. The fraction of sp³-hybridized carbons (Fsp3) is 0.647. The zero-order chi connectivity index (χ0) is 45.2. The molecule has 1 aromatic heterocycles. The first-order valence-electron chi connectivity index (χ1n) is 16.6. The average Bonchev–Trinajstić information content (AvgIpc) is 3.48. The van der Waals surface area contributed by atoms with Crippen LogP contribution in [0.5, 0.6) is 0 Å². The van der Waals surface area contributed by atoms with Crippen LogP contribution in [-0.4, -0.2) is 92.9 Å². The van der Waals surface area contributed by atoms with Gasteiger partial charge in [0.25, 0.3) is 0 Å². The van der Waals surface area contributed by atoms with Crippen LogP contribution in [0.4, 0.5) is 74.6 Å². The third kappa shape index (κ3) is 10.4. The summed E-state index contributed by atoms with van der Waals surface area (Å²) < 4.78 is 229. The van der Waals surface area contributed by atoms with Crippen molar-refractivity contribution in [2.24, 2.45) is 16.7 Å². The summed E-state index contributed by atoms with van der Waals surface area (Å²) in [6, 6.07) is 7.01. The Bertz CT molecular complexity index is 1770. The smallest absolute Gasteiger partial charge is 0.352 e. The predicted octanol–water partition coefficient (Wildman–Crippen LogP) is 10.7. The number of rotatable bonds is 20. The number of benzene rings is 1. The summed E-state index contributed by atoms with van der Waals surface area (Å²) in [4.78, 5) is 25.7. The number of thioether (sulfide) groups is 1. The van der Waals surface area contributed by atoms with E-state index in [4.69, 9.17) is 0 Å². The molecule has 1 atom stereocenters. The SMILES string of the molecule is CC(C)(C)CC(C)(C)C(C=Cn1nc2ccccc2n1)C=C(C=O)CNC(=O)CCSCCC(F)(F)C(F)(F)C(F)(F)C(F)(F)C(F)(F)C(F)(F)C(F)(F)C(F)(F)F. The van der Waals surface area contributed by atoms with Gasteiger partial charge in [0.05, 0.1) is 0 Å². The molecule has 1 N–H and O–H groups in total. The van der Waals surface area contributed by atoms with E-state index in [0.29, 0.717) is 23.7 Å². The van der Waals surface area contributed by atoms with E-state index in [0.717, 1.165) is 0 Å². The Morgan fingerprint density at radius 2 is 1.19 bits per heavy atom. The molecule has 6 nitrogen and oxygen atoms in total. The molecule has 2 aromatic rings. The van der Waals surface area contributed by atoms with E-state index in [1.165, 1.54) is 4.80 Å². The number of allylic oxidation sites excluding steroid dienone is 2. The number of nitrogens with one attached hydrogen (secondary N) is 1. The Morgan fingerprint density at radius 3 is 1.64 bits per heavy atom. The monoisotopic (exact) mass is 888 g/mol. The minimum atomic E-state index is -8.68. The molecule has 1 amide bonds. The molecule has 0 aliphatic heterocycles. The van der Waals surface area contributed by atoms with Gasteiger partial charge in [-0.3, -0.25) is 9.59 Å². The Labute approximate surface area is 324 Å².